The van der Waals surface area contributed by atoms with E-state index in [4.69, 9.17) is 5.26 Å². The molecule has 2 aromatic rings. The SMILES string of the molecule is N#Cc1ccc(S(=O)(=O)Nc2ccccc2Br)cn1. The van der Waals surface area contributed by atoms with Gasteiger partial charge in [0.2, 0.25) is 0 Å². The van der Waals surface area contributed by atoms with Crippen molar-refractivity contribution in [2.45, 2.75) is 4.90 Å². The lowest BCUT2D eigenvalue weighted by atomic mass is 10.3. The maximum atomic E-state index is 12.1. The first-order chi connectivity index (χ1) is 9.03. The van der Waals surface area contributed by atoms with Crippen LogP contribution in [0.2, 0.25) is 0 Å². The van der Waals surface area contributed by atoms with Crippen LogP contribution in [0.15, 0.2) is 52.0 Å². The standard InChI is InChI=1S/C12H8BrN3O2S/c13-11-3-1-2-4-12(11)16-19(17,18)10-6-5-9(7-14)15-8-10/h1-6,8,16H. The number of aromatic nitrogens is 1. The van der Waals surface area contributed by atoms with Gasteiger partial charge in [0, 0.05) is 10.7 Å². The van der Waals surface area contributed by atoms with Crippen molar-refractivity contribution in [3.8, 4) is 6.07 Å². The molecule has 0 amide bonds. The number of benzene rings is 1. The topological polar surface area (TPSA) is 82.8 Å². The molecule has 1 heterocycles. The van der Waals surface area contributed by atoms with Gasteiger partial charge in [-0.1, -0.05) is 12.1 Å². The summed E-state index contributed by atoms with van der Waals surface area (Å²) in [6.07, 6.45) is 1.15. The van der Waals surface area contributed by atoms with E-state index < -0.39 is 10.0 Å². The van der Waals surface area contributed by atoms with Crippen molar-refractivity contribution in [1.29, 1.82) is 5.26 Å². The molecule has 19 heavy (non-hydrogen) atoms. The zero-order valence-corrected chi connectivity index (χ0v) is 11.9. The quantitative estimate of drug-likeness (QED) is 0.932. The van der Waals surface area contributed by atoms with Crippen LogP contribution in [0.1, 0.15) is 5.69 Å². The van der Waals surface area contributed by atoms with Crippen molar-refractivity contribution in [3.05, 3.63) is 52.8 Å². The maximum Gasteiger partial charge on any atom is 0.263 e. The van der Waals surface area contributed by atoms with Crippen LogP contribution in [0.3, 0.4) is 0 Å². The Balaban J connectivity index is 2.33. The fraction of sp³-hybridized carbons (Fsp3) is 0. The van der Waals surface area contributed by atoms with Gasteiger partial charge in [0.1, 0.15) is 16.7 Å². The largest absolute Gasteiger partial charge is 0.278 e. The van der Waals surface area contributed by atoms with Gasteiger partial charge in [-0.15, -0.1) is 0 Å². The van der Waals surface area contributed by atoms with Crippen LogP contribution in [0, 0.1) is 11.3 Å². The molecule has 0 aliphatic heterocycles. The third-order valence-corrected chi connectivity index (χ3v) is 4.32. The molecule has 0 spiro atoms. The molecular weight excluding hydrogens is 330 g/mol. The predicted molar refractivity (Wildman–Crippen MR) is 73.9 cm³/mol. The molecule has 0 bridgehead atoms. The average molecular weight is 338 g/mol. The Bertz CT molecular complexity index is 736. The van der Waals surface area contributed by atoms with E-state index >= 15 is 0 Å². The molecule has 1 aromatic heterocycles. The van der Waals surface area contributed by atoms with Gasteiger partial charge in [-0.3, -0.25) is 4.72 Å². The summed E-state index contributed by atoms with van der Waals surface area (Å²) in [5.74, 6) is 0. The van der Waals surface area contributed by atoms with Crippen LogP contribution < -0.4 is 4.72 Å². The third kappa shape index (κ3) is 3.10. The van der Waals surface area contributed by atoms with E-state index in [9.17, 15) is 8.42 Å². The van der Waals surface area contributed by atoms with Crippen LogP contribution in [0.4, 0.5) is 5.69 Å². The molecular formula is C12H8BrN3O2S. The molecule has 0 atom stereocenters. The summed E-state index contributed by atoms with van der Waals surface area (Å²) in [6, 6.07) is 11.4. The maximum absolute atomic E-state index is 12.1. The fourth-order valence-electron chi connectivity index (χ4n) is 1.35. The first-order valence-electron chi connectivity index (χ1n) is 5.16. The van der Waals surface area contributed by atoms with Gasteiger partial charge in [-0.2, -0.15) is 5.26 Å². The van der Waals surface area contributed by atoms with Gasteiger partial charge in [-0.25, -0.2) is 13.4 Å². The van der Waals surface area contributed by atoms with E-state index in [0.29, 0.717) is 10.2 Å². The Morgan fingerprint density at radius 1 is 1.21 bits per heavy atom. The third-order valence-electron chi connectivity index (χ3n) is 2.28. The number of nitrogens with one attached hydrogen (secondary N) is 1. The lowest BCUT2D eigenvalue weighted by molar-refractivity contribution is 0.601. The highest BCUT2D eigenvalue weighted by Gasteiger charge is 2.15. The monoisotopic (exact) mass is 337 g/mol. The summed E-state index contributed by atoms with van der Waals surface area (Å²) >= 11 is 3.26. The van der Waals surface area contributed by atoms with Crippen molar-refractivity contribution in [2.24, 2.45) is 0 Å². The number of nitrogens with zero attached hydrogens (tertiary/aromatic N) is 2. The van der Waals surface area contributed by atoms with Crippen LogP contribution in [-0.4, -0.2) is 13.4 Å². The summed E-state index contributed by atoms with van der Waals surface area (Å²) in [5.41, 5.74) is 0.603. The second-order valence-electron chi connectivity index (χ2n) is 3.58. The van der Waals surface area contributed by atoms with Gasteiger partial charge in [0.15, 0.2) is 0 Å². The number of anilines is 1. The van der Waals surface area contributed by atoms with Crippen LogP contribution in [0.5, 0.6) is 0 Å². The van der Waals surface area contributed by atoms with Crippen LogP contribution >= 0.6 is 15.9 Å². The molecule has 0 radical (unpaired) electrons. The summed E-state index contributed by atoms with van der Waals surface area (Å²) < 4.78 is 27.3. The number of hydrogen-bond acceptors (Lipinski definition) is 4. The summed E-state index contributed by atoms with van der Waals surface area (Å²) in [6.45, 7) is 0. The number of para-hydroxylation sites is 1. The molecule has 5 nitrogen and oxygen atoms in total. The lowest BCUT2D eigenvalue weighted by Gasteiger charge is -2.09. The predicted octanol–water partition coefficient (Wildman–Crippen LogP) is 2.52. The van der Waals surface area contributed by atoms with E-state index in [2.05, 4.69) is 25.6 Å². The highest BCUT2D eigenvalue weighted by atomic mass is 79.9. The van der Waals surface area contributed by atoms with E-state index in [-0.39, 0.29) is 10.6 Å². The Labute approximate surface area is 119 Å². The molecule has 2 rings (SSSR count). The molecule has 96 valence electrons. The van der Waals surface area contributed by atoms with Crippen molar-refractivity contribution < 1.29 is 8.42 Å². The molecule has 0 fully saturated rings. The zero-order chi connectivity index (χ0) is 13.9. The van der Waals surface area contributed by atoms with Gasteiger partial charge >= 0.3 is 0 Å². The van der Waals surface area contributed by atoms with E-state index in [1.165, 1.54) is 12.1 Å². The Kier molecular flexibility index (Phi) is 3.83. The smallest absolute Gasteiger partial charge is 0.263 e. The Hall–Kier alpha value is -1.91. The highest BCUT2D eigenvalue weighted by Crippen LogP contribution is 2.24. The first-order valence-corrected chi connectivity index (χ1v) is 7.44. The lowest BCUT2D eigenvalue weighted by Crippen LogP contribution is -2.13. The minimum atomic E-state index is -3.71. The molecule has 0 saturated carbocycles. The molecule has 0 aliphatic carbocycles. The molecule has 0 aliphatic rings. The van der Waals surface area contributed by atoms with Crippen molar-refractivity contribution in [3.63, 3.8) is 0 Å². The van der Waals surface area contributed by atoms with E-state index in [1.807, 2.05) is 6.07 Å². The van der Waals surface area contributed by atoms with Gasteiger partial charge < -0.3 is 0 Å². The molecule has 1 N–H and O–H groups in total. The zero-order valence-electron chi connectivity index (χ0n) is 9.54. The van der Waals surface area contributed by atoms with Gasteiger partial charge in [-0.05, 0) is 40.2 Å². The second kappa shape index (κ2) is 5.38. The minimum Gasteiger partial charge on any atom is -0.278 e. The highest BCUT2D eigenvalue weighted by molar-refractivity contribution is 9.10. The van der Waals surface area contributed by atoms with Crippen molar-refractivity contribution >= 4 is 31.6 Å². The van der Waals surface area contributed by atoms with Crippen molar-refractivity contribution in [2.75, 3.05) is 4.72 Å². The second-order valence-corrected chi connectivity index (χ2v) is 6.11. The number of hydrogen-bond donors (Lipinski definition) is 1. The number of pyridine rings is 1. The Morgan fingerprint density at radius 2 is 1.95 bits per heavy atom. The van der Waals surface area contributed by atoms with Crippen LogP contribution in [0.25, 0.3) is 0 Å². The molecule has 1 aromatic carbocycles. The average Bonchev–Trinajstić information content (AvgIpc) is 2.41. The van der Waals surface area contributed by atoms with Gasteiger partial charge in [0.05, 0.1) is 5.69 Å². The summed E-state index contributed by atoms with van der Waals surface area (Å²) in [5, 5.41) is 8.62. The first kappa shape index (κ1) is 13.5. The number of rotatable bonds is 3. The van der Waals surface area contributed by atoms with Crippen molar-refractivity contribution in [1.82, 2.24) is 4.98 Å². The fourth-order valence-corrected chi connectivity index (χ4v) is 2.89. The number of sulfonamides is 1. The number of nitriles is 1. The van der Waals surface area contributed by atoms with E-state index in [0.717, 1.165) is 6.20 Å². The van der Waals surface area contributed by atoms with Gasteiger partial charge in [0.25, 0.3) is 10.0 Å². The van der Waals surface area contributed by atoms with E-state index in [1.54, 1.807) is 24.3 Å². The molecule has 7 heteroatoms. The minimum absolute atomic E-state index is 0.00209. The molecule has 0 unspecified atom stereocenters. The van der Waals surface area contributed by atoms with Crippen LogP contribution in [-0.2, 0) is 10.0 Å². The molecule has 0 saturated heterocycles. The Morgan fingerprint density at radius 3 is 2.53 bits per heavy atom. The normalized spacial score (nSPS) is 10.7. The summed E-state index contributed by atoms with van der Waals surface area (Å²) in [7, 11) is -3.71. The number of halogens is 1. The summed E-state index contributed by atoms with van der Waals surface area (Å²) in [4.78, 5) is 3.74.